The van der Waals surface area contributed by atoms with Gasteiger partial charge in [0.15, 0.2) is 0 Å². The molecule has 0 amide bonds. The molecule has 1 saturated carbocycles. The Hall–Kier alpha value is -0.0800. The molecule has 1 heterocycles. The van der Waals surface area contributed by atoms with Crippen molar-refractivity contribution in [2.24, 2.45) is 5.92 Å². The van der Waals surface area contributed by atoms with Crippen molar-refractivity contribution in [1.82, 2.24) is 4.90 Å². The van der Waals surface area contributed by atoms with E-state index in [1.807, 2.05) is 0 Å². The van der Waals surface area contributed by atoms with Crippen LogP contribution in [0.4, 0.5) is 0 Å². The highest BCUT2D eigenvalue weighted by Gasteiger charge is 2.35. The molecule has 2 nitrogen and oxygen atoms in total. The maximum absolute atomic E-state index is 10.5. The third-order valence-electron chi connectivity index (χ3n) is 4.50. The van der Waals surface area contributed by atoms with E-state index in [-0.39, 0.29) is 5.60 Å². The molecule has 0 aromatic rings. The summed E-state index contributed by atoms with van der Waals surface area (Å²) in [6.45, 7) is 6.99. The number of likely N-dealkylation sites (tertiary alicyclic amines) is 1. The summed E-state index contributed by atoms with van der Waals surface area (Å²) in [5, 5.41) is 10.5. The molecule has 2 fully saturated rings. The Kier molecular flexibility index (Phi) is 3.91. The molecule has 1 aliphatic heterocycles. The Bertz CT molecular complexity index is 221. The van der Waals surface area contributed by atoms with Crippen molar-refractivity contribution in [3.8, 4) is 0 Å². The molecule has 0 aromatic carbocycles. The number of hydrogen-bond donors (Lipinski definition) is 1. The van der Waals surface area contributed by atoms with Gasteiger partial charge in [-0.3, -0.25) is 0 Å². The molecule has 0 radical (unpaired) electrons. The lowest BCUT2D eigenvalue weighted by molar-refractivity contribution is -0.0168. The SMILES string of the molecule is CC(C)N1CCC(CC2(O)CCCCC2)C1. The number of nitrogens with zero attached hydrogens (tertiary/aromatic N) is 1. The zero-order valence-corrected chi connectivity index (χ0v) is 10.9. The van der Waals surface area contributed by atoms with Gasteiger partial charge in [-0.15, -0.1) is 0 Å². The Morgan fingerprint density at radius 3 is 2.50 bits per heavy atom. The third-order valence-corrected chi connectivity index (χ3v) is 4.50. The van der Waals surface area contributed by atoms with Crippen LogP contribution < -0.4 is 0 Å². The fraction of sp³-hybridized carbons (Fsp3) is 1.00. The van der Waals surface area contributed by atoms with Crippen molar-refractivity contribution in [3.63, 3.8) is 0 Å². The maximum atomic E-state index is 10.5. The van der Waals surface area contributed by atoms with Crippen molar-refractivity contribution >= 4 is 0 Å². The molecule has 2 aliphatic rings. The van der Waals surface area contributed by atoms with E-state index in [0.29, 0.717) is 6.04 Å². The number of aliphatic hydroxyl groups is 1. The molecule has 1 saturated heterocycles. The van der Waals surface area contributed by atoms with Crippen LogP contribution in [0.15, 0.2) is 0 Å². The van der Waals surface area contributed by atoms with Crippen LogP contribution in [-0.4, -0.2) is 34.7 Å². The lowest BCUT2D eigenvalue weighted by atomic mass is 9.78. The fourth-order valence-electron chi connectivity index (χ4n) is 3.45. The average Bonchev–Trinajstić information content (AvgIpc) is 2.66. The van der Waals surface area contributed by atoms with Gasteiger partial charge in [0.1, 0.15) is 0 Å². The second kappa shape index (κ2) is 5.05. The smallest absolute Gasteiger partial charge is 0.0651 e. The van der Waals surface area contributed by atoms with E-state index in [4.69, 9.17) is 0 Å². The van der Waals surface area contributed by atoms with E-state index in [1.54, 1.807) is 0 Å². The van der Waals surface area contributed by atoms with Gasteiger partial charge in [-0.1, -0.05) is 19.3 Å². The van der Waals surface area contributed by atoms with E-state index in [1.165, 1.54) is 38.8 Å². The molecule has 2 rings (SSSR count). The van der Waals surface area contributed by atoms with E-state index in [9.17, 15) is 5.11 Å². The van der Waals surface area contributed by atoms with Crippen molar-refractivity contribution in [3.05, 3.63) is 0 Å². The summed E-state index contributed by atoms with van der Waals surface area (Å²) in [6, 6.07) is 0.672. The van der Waals surface area contributed by atoms with Gasteiger partial charge >= 0.3 is 0 Å². The third kappa shape index (κ3) is 2.98. The Morgan fingerprint density at radius 1 is 1.25 bits per heavy atom. The molecule has 0 bridgehead atoms. The standard InChI is InChI=1S/C14H27NO/c1-12(2)15-9-6-13(11-15)10-14(16)7-4-3-5-8-14/h12-13,16H,3-11H2,1-2H3. The first-order chi connectivity index (χ1) is 7.59. The Labute approximate surface area is 100 Å². The lowest BCUT2D eigenvalue weighted by Gasteiger charge is -2.34. The van der Waals surface area contributed by atoms with Crippen LogP contribution in [0, 0.1) is 5.92 Å². The lowest BCUT2D eigenvalue weighted by Crippen LogP contribution is -2.35. The van der Waals surface area contributed by atoms with Gasteiger partial charge in [0.25, 0.3) is 0 Å². The molecular formula is C14H27NO. The van der Waals surface area contributed by atoms with E-state index < -0.39 is 0 Å². The van der Waals surface area contributed by atoms with Crippen LogP contribution >= 0.6 is 0 Å². The van der Waals surface area contributed by atoms with Crippen LogP contribution in [0.5, 0.6) is 0 Å². The average molecular weight is 225 g/mol. The topological polar surface area (TPSA) is 23.5 Å². The van der Waals surface area contributed by atoms with Crippen LogP contribution in [0.25, 0.3) is 0 Å². The molecule has 1 N–H and O–H groups in total. The summed E-state index contributed by atoms with van der Waals surface area (Å²) in [5.74, 6) is 0.741. The van der Waals surface area contributed by atoms with E-state index >= 15 is 0 Å². The highest BCUT2D eigenvalue weighted by Crippen LogP contribution is 2.36. The second-order valence-electron chi connectivity index (χ2n) is 6.23. The summed E-state index contributed by atoms with van der Waals surface area (Å²) in [4.78, 5) is 2.55. The monoisotopic (exact) mass is 225 g/mol. The molecular weight excluding hydrogens is 198 g/mol. The molecule has 1 aliphatic carbocycles. The van der Waals surface area contributed by atoms with Gasteiger partial charge in [-0.25, -0.2) is 0 Å². The molecule has 1 unspecified atom stereocenters. The van der Waals surface area contributed by atoms with Gasteiger partial charge in [0, 0.05) is 12.6 Å². The normalized spacial score (nSPS) is 31.1. The van der Waals surface area contributed by atoms with Crippen LogP contribution in [0.1, 0.15) is 58.8 Å². The summed E-state index contributed by atoms with van der Waals surface area (Å²) < 4.78 is 0. The minimum atomic E-state index is -0.310. The predicted octanol–water partition coefficient (Wildman–Crippen LogP) is 2.80. The minimum Gasteiger partial charge on any atom is -0.390 e. The first kappa shape index (κ1) is 12.4. The summed E-state index contributed by atoms with van der Waals surface area (Å²) in [7, 11) is 0. The van der Waals surface area contributed by atoms with Gasteiger partial charge < -0.3 is 10.0 Å². The summed E-state index contributed by atoms with van der Waals surface area (Å²) >= 11 is 0. The van der Waals surface area contributed by atoms with Gasteiger partial charge in [0.05, 0.1) is 5.60 Å². The van der Waals surface area contributed by atoms with Gasteiger partial charge in [-0.05, 0) is 52.0 Å². The van der Waals surface area contributed by atoms with Gasteiger partial charge in [0.2, 0.25) is 0 Å². The molecule has 0 spiro atoms. The minimum absolute atomic E-state index is 0.310. The molecule has 1 atom stereocenters. The number of rotatable bonds is 3. The van der Waals surface area contributed by atoms with Crippen molar-refractivity contribution < 1.29 is 5.11 Å². The first-order valence-electron chi connectivity index (χ1n) is 7.05. The maximum Gasteiger partial charge on any atom is 0.0651 e. The zero-order chi connectivity index (χ0) is 11.6. The molecule has 94 valence electrons. The van der Waals surface area contributed by atoms with Crippen molar-refractivity contribution in [1.29, 1.82) is 0 Å². The van der Waals surface area contributed by atoms with Crippen LogP contribution in [-0.2, 0) is 0 Å². The summed E-state index contributed by atoms with van der Waals surface area (Å²) in [5.41, 5.74) is -0.310. The van der Waals surface area contributed by atoms with Crippen molar-refractivity contribution in [2.45, 2.75) is 70.4 Å². The highest BCUT2D eigenvalue weighted by molar-refractivity contribution is 4.88. The Balaban J connectivity index is 1.81. The fourth-order valence-corrected chi connectivity index (χ4v) is 3.45. The zero-order valence-electron chi connectivity index (χ0n) is 10.9. The van der Waals surface area contributed by atoms with Crippen LogP contribution in [0.3, 0.4) is 0 Å². The Morgan fingerprint density at radius 2 is 1.94 bits per heavy atom. The molecule has 0 aromatic heterocycles. The van der Waals surface area contributed by atoms with E-state index in [2.05, 4.69) is 18.7 Å². The quantitative estimate of drug-likeness (QED) is 0.798. The summed E-state index contributed by atoms with van der Waals surface area (Å²) in [6.07, 6.45) is 8.23. The van der Waals surface area contributed by atoms with Crippen molar-refractivity contribution in [2.75, 3.05) is 13.1 Å². The molecule has 2 heteroatoms. The second-order valence-corrected chi connectivity index (χ2v) is 6.23. The largest absolute Gasteiger partial charge is 0.390 e. The first-order valence-corrected chi connectivity index (χ1v) is 7.05. The highest BCUT2D eigenvalue weighted by atomic mass is 16.3. The molecule has 16 heavy (non-hydrogen) atoms. The predicted molar refractivity (Wildman–Crippen MR) is 67.5 cm³/mol. The number of hydrogen-bond acceptors (Lipinski definition) is 2. The van der Waals surface area contributed by atoms with Gasteiger partial charge in [-0.2, -0.15) is 0 Å². The van der Waals surface area contributed by atoms with Crippen LogP contribution in [0.2, 0.25) is 0 Å². The van der Waals surface area contributed by atoms with E-state index in [0.717, 1.165) is 25.2 Å².